The van der Waals surface area contributed by atoms with Gasteiger partial charge in [-0.25, -0.2) is 9.18 Å². The van der Waals surface area contributed by atoms with Crippen molar-refractivity contribution in [3.63, 3.8) is 0 Å². The SMILES string of the molecule is O=c1[nH]c2ccc(NCc3ccccc3F)cc2[nH]1.[Cl-]. The zero-order valence-corrected chi connectivity index (χ0v) is 11.2. The number of hydrogen-bond donors (Lipinski definition) is 3. The fraction of sp³-hybridized carbons (Fsp3) is 0.0714. The minimum atomic E-state index is -0.235. The van der Waals surface area contributed by atoms with Gasteiger partial charge in [-0.3, -0.25) is 0 Å². The van der Waals surface area contributed by atoms with Crippen LogP contribution in [-0.4, -0.2) is 9.97 Å². The fourth-order valence-electron chi connectivity index (χ4n) is 1.98. The maximum atomic E-state index is 13.5. The van der Waals surface area contributed by atoms with Crippen LogP contribution in [0.25, 0.3) is 11.0 Å². The Labute approximate surface area is 120 Å². The second-order valence-corrected chi connectivity index (χ2v) is 4.28. The molecule has 1 aromatic heterocycles. The smallest absolute Gasteiger partial charge is 0.323 e. The van der Waals surface area contributed by atoms with Gasteiger partial charge in [0.25, 0.3) is 0 Å². The molecular formula is C14H12ClFN3O-. The third-order valence-corrected chi connectivity index (χ3v) is 2.96. The molecule has 3 rings (SSSR count). The molecule has 104 valence electrons. The van der Waals surface area contributed by atoms with Gasteiger partial charge in [0.1, 0.15) is 5.82 Å². The van der Waals surface area contributed by atoms with Crippen LogP contribution in [0.1, 0.15) is 5.56 Å². The Balaban J connectivity index is 0.00000147. The zero-order chi connectivity index (χ0) is 13.2. The van der Waals surface area contributed by atoms with Crippen molar-refractivity contribution < 1.29 is 16.8 Å². The van der Waals surface area contributed by atoms with Crippen molar-refractivity contribution in [1.82, 2.24) is 9.97 Å². The van der Waals surface area contributed by atoms with Crippen molar-refractivity contribution in [2.75, 3.05) is 5.32 Å². The van der Waals surface area contributed by atoms with E-state index in [2.05, 4.69) is 15.3 Å². The first-order valence-electron chi connectivity index (χ1n) is 5.92. The summed E-state index contributed by atoms with van der Waals surface area (Å²) in [5.74, 6) is -0.230. The molecule has 3 aromatic rings. The molecule has 2 aromatic carbocycles. The summed E-state index contributed by atoms with van der Waals surface area (Å²) in [6.45, 7) is 0.396. The van der Waals surface area contributed by atoms with E-state index in [1.54, 1.807) is 24.3 Å². The molecule has 0 bridgehead atoms. The lowest BCUT2D eigenvalue weighted by Gasteiger charge is -2.07. The zero-order valence-electron chi connectivity index (χ0n) is 10.4. The largest absolute Gasteiger partial charge is 1.00 e. The lowest BCUT2D eigenvalue weighted by Crippen LogP contribution is -3.00. The second kappa shape index (κ2) is 5.79. The molecule has 0 radical (unpaired) electrons. The topological polar surface area (TPSA) is 60.7 Å². The average molecular weight is 293 g/mol. The van der Waals surface area contributed by atoms with Crippen LogP contribution in [0.3, 0.4) is 0 Å². The number of nitrogens with one attached hydrogen (secondary N) is 3. The standard InChI is InChI=1S/C14H12FN3O.ClH/c15-11-4-2-1-3-9(11)8-16-10-5-6-12-13(7-10)18-14(19)17-12;/h1-7,16H,8H2,(H2,17,18,19);1H/p-1. The molecule has 0 fully saturated rings. The van der Waals surface area contributed by atoms with Crippen molar-refractivity contribution in [1.29, 1.82) is 0 Å². The van der Waals surface area contributed by atoms with E-state index in [9.17, 15) is 9.18 Å². The second-order valence-electron chi connectivity index (χ2n) is 4.28. The molecule has 0 aliphatic heterocycles. The molecule has 0 aliphatic carbocycles. The molecule has 20 heavy (non-hydrogen) atoms. The number of hydrogen-bond acceptors (Lipinski definition) is 2. The van der Waals surface area contributed by atoms with Crippen LogP contribution < -0.4 is 23.4 Å². The van der Waals surface area contributed by atoms with Gasteiger partial charge < -0.3 is 27.7 Å². The van der Waals surface area contributed by atoms with E-state index in [-0.39, 0.29) is 23.9 Å². The van der Waals surface area contributed by atoms with Crippen molar-refractivity contribution in [2.45, 2.75) is 6.54 Å². The number of benzene rings is 2. The van der Waals surface area contributed by atoms with Crippen LogP contribution in [0.2, 0.25) is 0 Å². The molecule has 6 heteroatoms. The third kappa shape index (κ3) is 2.83. The van der Waals surface area contributed by atoms with Gasteiger partial charge >= 0.3 is 5.69 Å². The van der Waals surface area contributed by atoms with Crippen LogP contribution in [0.4, 0.5) is 10.1 Å². The number of H-pyrrole nitrogens is 2. The highest BCUT2D eigenvalue weighted by atomic mass is 35.5. The van der Waals surface area contributed by atoms with E-state index < -0.39 is 0 Å². The summed E-state index contributed by atoms with van der Waals surface area (Å²) in [6, 6.07) is 12.1. The Bertz CT molecular complexity index is 781. The number of anilines is 1. The van der Waals surface area contributed by atoms with Gasteiger partial charge in [-0.15, -0.1) is 0 Å². The monoisotopic (exact) mass is 292 g/mol. The van der Waals surface area contributed by atoms with E-state index in [4.69, 9.17) is 0 Å². The quantitative estimate of drug-likeness (QED) is 0.616. The van der Waals surface area contributed by atoms with Gasteiger partial charge in [0.05, 0.1) is 11.0 Å². The van der Waals surface area contributed by atoms with E-state index in [1.807, 2.05) is 12.1 Å². The van der Waals surface area contributed by atoms with Crippen LogP contribution in [0.15, 0.2) is 47.3 Å². The van der Waals surface area contributed by atoms with Crippen LogP contribution in [0.5, 0.6) is 0 Å². The van der Waals surface area contributed by atoms with Crippen LogP contribution in [0, 0.1) is 5.82 Å². The molecule has 0 amide bonds. The number of rotatable bonds is 3. The minimum absolute atomic E-state index is 0. The average Bonchev–Trinajstić information content (AvgIpc) is 2.77. The summed E-state index contributed by atoms with van der Waals surface area (Å²) in [5.41, 5.74) is 2.67. The molecule has 4 nitrogen and oxygen atoms in total. The molecular weight excluding hydrogens is 281 g/mol. The van der Waals surface area contributed by atoms with Gasteiger partial charge in [0.15, 0.2) is 0 Å². The maximum Gasteiger partial charge on any atom is 0.323 e. The number of aromatic amines is 2. The summed E-state index contributed by atoms with van der Waals surface area (Å²) < 4.78 is 13.5. The normalized spacial score (nSPS) is 10.2. The molecule has 0 spiro atoms. The Morgan fingerprint density at radius 3 is 2.60 bits per heavy atom. The maximum absolute atomic E-state index is 13.5. The summed E-state index contributed by atoms with van der Waals surface area (Å²) >= 11 is 0. The predicted octanol–water partition coefficient (Wildman–Crippen LogP) is -0.389. The van der Waals surface area contributed by atoms with E-state index in [0.717, 1.165) is 16.7 Å². The molecule has 0 aliphatic rings. The molecule has 1 heterocycles. The van der Waals surface area contributed by atoms with Crippen molar-refractivity contribution in [3.05, 3.63) is 64.3 Å². The lowest BCUT2D eigenvalue weighted by atomic mass is 10.2. The lowest BCUT2D eigenvalue weighted by molar-refractivity contribution is -0.00000454. The minimum Gasteiger partial charge on any atom is -1.00 e. The molecule has 0 saturated heterocycles. The Kier molecular flexibility index (Phi) is 4.10. The van der Waals surface area contributed by atoms with Gasteiger partial charge in [-0.2, -0.15) is 0 Å². The summed E-state index contributed by atoms with van der Waals surface area (Å²) in [5, 5.41) is 3.13. The molecule has 0 atom stereocenters. The van der Waals surface area contributed by atoms with E-state index in [1.165, 1.54) is 6.07 Å². The van der Waals surface area contributed by atoms with Crippen molar-refractivity contribution >= 4 is 16.7 Å². The first-order chi connectivity index (χ1) is 9.22. The van der Waals surface area contributed by atoms with Crippen molar-refractivity contribution in [3.8, 4) is 0 Å². The highest BCUT2D eigenvalue weighted by Crippen LogP contribution is 2.16. The number of aromatic nitrogens is 2. The van der Waals surface area contributed by atoms with E-state index >= 15 is 0 Å². The highest BCUT2D eigenvalue weighted by Gasteiger charge is 2.02. The van der Waals surface area contributed by atoms with Crippen LogP contribution >= 0.6 is 0 Å². The Hall–Kier alpha value is -2.27. The molecule has 3 N–H and O–H groups in total. The van der Waals surface area contributed by atoms with Gasteiger partial charge in [0, 0.05) is 17.8 Å². The van der Waals surface area contributed by atoms with Gasteiger partial charge in [-0.1, -0.05) is 18.2 Å². The van der Waals surface area contributed by atoms with Gasteiger partial charge in [0.2, 0.25) is 0 Å². The summed E-state index contributed by atoms with van der Waals surface area (Å²) in [6.07, 6.45) is 0. The van der Waals surface area contributed by atoms with Crippen molar-refractivity contribution in [2.24, 2.45) is 0 Å². The third-order valence-electron chi connectivity index (χ3n) is 2.96. The first kappa shape index (κ1) is 14.1. The summed E-state index contributed by atoms with van der Waals surface area (Å²) in [7, 11) is 0. The van der Waals surface area contributed by atoms with E-state index in [0.29, 0.717) is 12.1 Å². The van der Waals surface area contributed by atoms with Gasteiger partial charge in [-0.05, 0) is 24.3 Å². The molecule has 0 saturated carbocycles. The first-order valence-corrected chi connectivity index (χ1v) is 5.92. The fourth-order valence-corrected chi connectivity index (χ4v) is 1.98. The number of fused-ring (bicyclic) bond motifs is 1. The molecule has 0 unspecified atom stereocenters. The Morgan fingerprint density at radius 2 is 1.80 bits per heavy atom. The predicted molar refractivity (Wildman–Crippen MR) is 72.6 cm³/mol. The Morgan fingerprint density at radius 1 is 1.05 bits per heavy atom. The number of halogens is 2. The highest BCUT2D eigenvalue weighted by molar-refractivity contribution is 5.78. The van der Waals surface area contributed by atoms with Crippen LogP contribution in [-0.2, 0) is 6.54 Å². The summed E-state index contributed by atoms with van der Waals surface area (Å²) in [4.78, 5) is 16.5. The number of imidazole rings is 1.